The molecule has 3 N–H and O–H groups in total. The van der Waals surface area contributed by atoms with E-state index in [9.17, 15) is 4.79 Å². The van der Waals surface area contributed by atoms with Crippen molar-refractivity contribution in [3.05, 3.63) is 0 Å². The molecule has 0 atom stereocenters. The fraction of sp³-hybridized carbons (Fsp3) is 0.923. The Balaban J connectivity index is 2.16. The SMILES string of the molecule is CCN(CC)CCCNC(=O)C1(CN)CCC1. The number of amides is 1. The molecule has 0 aromatic carbocycles. The van der Waals surface area contributed by atoms with Gasteiger partial charge in [0.25, 0.3) is 0 Å². The minimum atomic E-state index is -0.227. The minimum absolute atomic E-state index is 0.172. The first-order valence-corrected chi connectivity index (χ1v) is 6.89. The topological polar surface area (TPSA) is 58.4 Å². The zero-order valence-electron chi connectivity index (χ0n) is 11.3. The third kappa shape index (κ3) is 3.68. The van der Waals surface area contributed by atoms with Gasteiger partial charge in [0.1, 0.15) is 0 Å². The molecule has 1 amide bonds. The van der Waals surface area contributed by atoms with Gasteiger partial charge in [-0.3, -0.25) is 4.79 Å². The van der Waals surface area contributed by atoms with E-state index < -0.39 is 0 Å². The average Bonchev–Trinajstić information content (AvgIpc) is 2.28. The summed E-state index contributed by atoms with van der Waals surface area (Å²) in [5.41, 5.74) is 5.47. The van der Waals surface area contributed by atoms with Crippen LogP contribution in [-0.2, 0) is 4.79 Å². The van der Waals surface area contributed by atoms with E-state index in [0.717, 1.165) is 51.9 Å². The van der Waals surface area contributed by atoms with Gasteiger partial charge in [-0.25, -0.2) is 0 Å². The Bertz CT molecular complexity index is 229. The highest BCUT2D eigenvalue weighted by Crippen LogP contribution is 2.39. The van der Waals surface area contributed by atoms with Gasteiger partial charge in [-0.1, -0.05) is 20.3 Å². The standard InChI is InChI=1S/C13H27N3O/c1-3-16(4-2)10-6-9-15-12(17)13(11-14)7-5-8-13/h3-11,14H2,1-2H3,(H,15,17). The maximum absolute atomic E-state index is 12.0. The van der Waals surface area contributed by atoms with E-state index in [4.69, 9.17) is 5.73 Å². The van der Waals surface area contributed by atoms with E-state index in [0.29, 0.717) is 6.54 Å². The van der Waals surface area contributed by atoms with Gasteiger partial charge in [-0.05, 0) is 38.9 Å². The predicted molar refractivity (Wildman–Crippen MR) is 70.8 cm³/mol. The molecule has 1 aliphatic rings. The Morgan fingerprint density at radius 1 is 1.35 bits per heavy atom. The van der Waals surface area contributed by atoms with Crippen molar-refractivity contribution in [2.75, 3.05) is 32.7 Å². The summed E-state index contributed by atoms with van der Waals surface area (Å²) in [5, 5.41) is 3.03. The number of nitrogens with one attached hydrogen (secondary N) is 1. The number of nitrogens with two attached hydrogens (primary N) is 1. The van der Waals surface area contributed by atoms with Gasteiger partial charge in [0.15, 0.2) is 0 Å². The number of carbonyl (C=O) groups is 1. The van der Waals surface area contributed by atoms with Gasteiger partial charge in [0.2, 0.25) is 5.91 Å². The lowest BCUT2D eigenvalue weighted by Crippen LogP contribution is -2.50. The second kappa shape index (κ2) is 6.97. The third-order valence-corrected chi connectivity index (χ3v) is 4.01. The highest BCUT2D eigenvalue weighted by Gasteiger charge is 2.42. The van der Waals surface area contributed by atoms with Gasteiger partial charge >= 0.3 is 0 Å². The smallest absolute Gasteiger partial charge is 0.227 e. The Hall–Kier alpha value is -0.610. The van der Waals surface area contributed by atoms with Gasteiger partial charge in [0, 0.05) is 13.1 Å². The van der Waals surface area contributed by atoms with Crippen molar-refractivity contribution < 1.29 is 4.79 Å². The van der Waals surface area contributed by atoms with Crippen LogP contribution in [0.3, 0.4) is 0 Å². The first-order chi connectivity index (χ1) is 8.18. The molecule has 0 aliphatic heterocycles. The van der Waals surface area contributed by atoms with Crippen LogP contribution in [0.15, 0.2) is 0 Å². The molecule has 0 bridgehead atoms. The number of carbonyl (C=O) groups excluding carboxylic acids is 1. The summed E-state index contributed by atoms with van der Waals surface area (Å²) in [6.07, 6.45) is 4.09. The third-order valence-electron chi connectivity index (χ3n) is 4.01. The Labute approximate surface area is 105 Å². The van der Waals surface area contributed by atoms with Crippen LogP contribution in [0.5, 0.6) is 0 Å². The number of rotatable bonds is 8. The lowest BCUT2D eigenvalue weighted by Gasteiger charge is -2.39. The molecule has 1 fully saturated rings. The molecule has 1 saturated carbocycles. The predicted octanol–water partition coefficient (Wildman–Crippen LogP) is 0.964. The summed E-state index contributed by atoms with van der Waals surface area (Å²) in [4.78, 5) is 14.3. The molecule has 1 aliphatic carbocycles. The molecule has 0 saturated heterocycles. The molecule has 0 aromatic rings. The van der Waals surface area contributed by atoms with Crippen molar-refractivity contribution in [1.82, 2.24) is 10.2 Å². The lowest BCUT2D eigenvalue weighted by atomic mass is 9.68. The van der Waals surface area contributed by atoms with Gasteiger partial charge in [0.05, 0.1) is 5.41 Å². The maximum atomic E-state index is 12.0. The zero-order valence-corrected chi connectivity index (χ0v) is 11.3. The minimum Gasteiger partial charge on any atom is -0.356 e. The molecule has 0 spiro atoms. The van der Waals surface area contributed by atoms with Crippen molar-refractivity contribution in [3.8, 4) is 0 Å². The Morgan fingerprint density at radius 2 is 2.00 bits per heavy atom. The van der Waals surface area contributed by atoms with Crippen molar-refractivity contribution in [2.24, 2.45) is 11.1 Å². The average molecular weight is 241 g/mol. The summed E-state index contributed by atoms with van der Waals surface area (Å²) in [6, 6.07) is 0. The van der Waals surface area contributed by atoms with E-state index in [1.165, 1.54) is 0 Å². The number of hydrogen-bond donors (Lipinski definition) is 2. The molecule has 4 nitrogen and oxygen atoms in total. The van der Waals surface area contributed by atoms with Crippen LogP contribution in [0, 0.1) is 5.41 Å². The lowest BCUT2D eigenvalue weighted by molar-refractivity contribution is -0.135. The van der Waals surface area contributed by atoms with Gasteiger partial charge in [-0.15, -0.1) is 0 Å². The fourth-order valence-electron chi connectivity index (χ4n) is 2.36. The Kier molecular flexibility index (Phi) is 5.92. The summed E-state index contributed by atoms with van der Waals surface area (Å²) in [5.74, 6) is 0.172. The van der Waals surface area contributed by atoms with E-state index >= 15 is 0 Å². The molecule has 0 aromatic heterocycles. The van der Waals surface area contributed by atoms with Crippen LogP contribution in [-0.4, -0.2) is 43.5 Å². The van der Waals surface area contributed by atoms with Crippen LogP contribution in [0.25, 0.3) is 0 Å². The van der Waals surface area contributed by atoms with Gasteiger partial charge < -0.3 is 16.0 Å². The van der Waals surface area contributed by atoms with Crippen LogP contribution < -0.4 is 11.1 Å². The van der Waals surface area contributed by atoms with Crippen molar-refractivity contribution in [2.45, 2.75) is 39.5 Å². The molecule has 0 unspecified atom stereocenters. The summed E-state index contributed by atoms with van der Waals surface area (Å²) in [7, 11) is 0. The van der Waals surface area contributed by atoms with E-state index in [-0.39, 0.29) is 11.3 Å². The van der Waals surface area contributed by atoms with Crippen molar-refractivity contribution in [1.29, 1.82) is 0 Å². The first kappa shape index (κ1) is 14.5. The second-order valence-electron chi connectivity index (χ2n) is 4.97. The largest absolute Gasteiger partial charge is 0.356 e. The second-order valence-corrected chi connectivity index (χ2v) is 4.97. The van der Waals surface area contributed by atoms with Crippen LogP contribution >= 0.6 is 0 Å². The van der Waals surface area contributed by atoms with Crippen molar-refractivity contribution in [3.63, 3.8) is 0 Å². The summed E-state index contributed by atoms with van der Waals surface area (Å²) in [6.45, 7) is 8.82. The fourth-order valence-corrected chi connectivity index (χ4v) is 2.36. The molecule has 0 heterocycles. The van der Waals surface area contributed by atoms with Crippen LogP contribution in [0.1, 0.15) is 39.5 Å². The summed E-state index contributed by atoms with van der Waals surface area (Å²) < 4.78 is 0. The van der Waals surface area contributed by atoms with Crippen LogP contribution in [0.4, 0.5) is 0 Å². The van der Waals surface area contributed by atoms with E-state index in [1.54, 1.807) is 0 Å². The molecule has 0 radical (unpaired) electrons. The molecule has 1 rings (SSSR count). The maximum Gasteiger partial charge on any atom is 0.227 e. The quantitative estimate of drug-likeness (QED) is 0.622. The van der Waals surface area contributed by atoms with Crippen LogP contribution in [0.2, 0.25) is 0 Å². The monoisotopic (exact) mass is 241 g/mol. The first-order valence-electron chi connectivity index (χ1n) is 6.89. The molecule has 100 valence electrons. The number of hydrogen-bond acceptors (Lipinski definition) is 3. The van der Waals surface area contributed by atoms with E-state index in [1.807, 2.05) is 0 Å². The molecular formula is C13H27N3O. The summed E-state index contributed by atoms with van der Waals surface area (Å²) >= 11 is 0. The normalized spacial score (nSPS) is 17.9. The number of nitrogens with zero attached hydrogens (tertiary/aromatic N) is 1. The highest BCUT2D eigenvalue weighted by molar-refractivity contribution is 5.83. The molecular weight excluding hydrogens is 214 g/mol. The Morgan fingerprint density at radius 3 is 2.41 bits per heavy atom. The van der Waals surface area contributed by atoms with Crippen molar-refractivity contribution >= 4 is 5.91 Å². The molecule has 17 heavy (non-hydrogen) atoms. The van der Waals surface area contributed by atoms with Gasteiger partial charge in [-0.2, -0.15) is 0 Å². The zero-order chi connectivity index (χ0) is 12.7. The molecule has 4 heteroatoms. The van der Waals surface area contributed by atoms with E-state index in [2.05, 4.69) is 24.1 Å². The highest BCUT2D eigenvalue weighted by atomic mass is 16.2.